The molecule has 0 aliphatic heterocycles. The lowest BCUT2D eigenvalue weighted by Crippen LogP contribution is -2.47. The first kappa shape index (κ1) is 11.4. The molecule has 3 N–H and O–H groups in total. The molecule has 1 fully saturated rings. The predicted molar refractivity (Wildman–Crippen MR) is 65.4 cm³/mol. The zero-order valence-corrected chi connectivity index (χ0v) is 9.76. The minimum absolute atomic E-state index is 0.0171. The van der Waals surface area contributed by atoms with Crippen molar-refractivity contribution in [3.63, 3.8) is 0 Å². The van der Waals surface area contributed by atoms with Crippen molar-refractivity contribution in [2.45, 2.75) is 19.3 Å². The highest BCUT2D eigenvalue weighted by Crippen LogP contribution is 2.40. The SMILES string of the molecule is NCC1(C(=O)Nc2cccc(Cl)c2)CCC1. The van der Waals surface area contributed by atoms with E-state index in [1.54, 1.807) is 12.1 Å². The molecule has 1 aliphatic rings. The average Bonchev–Trinajstić information content (AvgIpc) is 2.16. The van der Waals surface area contributed by atoms with E-state index in [4.69, 9.17) is 17.3 Å². The molecule has 1 amide bonds. The maximum Gasteiger partial charge on any atom is 0.231 e. The molecule has 0 heterocycles. The van der Waals surface area contributed by atoms with Gasteiger partial charge < -0.3 is 11.1 Å². The molecule has 1 aliphatic carbocycles. The van der Waals surface area contributed by atoms with Gasteiger partial charge in [-0.05, 0) is 31.0 Å². The van der Waals surface area contributed by atoms with E-state index in [9.17, 15) is 4.79 Å². The molecule has 2 rings (SSSR count). The number of nitrogens with one attached hydrogen (secondary N) is 1. The molecule has 3 nitrogen and oxygen atoms in total. The topological polar surface area (TPSA) is 55.1 Å². The predicted octanol–water partition coefficient (Wildman–Crippen LogP) is 2.41. The Hall–Kier alpha value is -1.06. The fraction of sp³-hybridized carbons (Fsp3) is 0.417. The van der Waals surface area contributed by atoms with Crippen molar-refractivity contribution >= 4 is 23.2 Å². The first-order valence-corrected chi connectivity index (χ1v) is 5.81. The van der Waals surface area contributed by atoms with Crippen LogP contribution in [0.25, 0.3) is 0 Å². The first-order valence-electron chi connectivity index (χ1n) is 5.43. The zero-order valence-electron chi connectivity index (χ0n) is 9.00. The van der Waals surface area contributed by atoms with E-state index < -0.39 is 0 Å². The fourth-order valence-electron chi connectivity index (χ4n) is 1.96. The van der Waals surface area contributed by atoms with Crippen LogP contribution in [0.1, 0.15) is 19.3 Å². The Kier molecular flexibility index (Phi) is 3.17. The average molecular weight is 239 g/mol. The highest BCUT2D eigenvalue weighted by molar-refractivity contribution is 6.30. The summed E-state index contributed by atoms with van der Waals surface area (Å²) < 4.78 is 0. The second-order valence-electron chi connectivity index (χ2n) is 4.30. The van der Waals surface area contributed by atoms with Crippen LogP contribution in [0.5, 0.6) is 0 Å². The van der Waals surface area contributed by atoms with Gasteiger partial charge in [-0.1, -0.05) is 24.1 Å². The van der Waals surface area contributed by atoms with Gasteiger partial charge in [0.1, 0.15) is 0 Å². The van der Waals surface area contributed by atoms with Crippen molar-refractivity contribution in [2.24, 2.45) is 11.1 Å². The number of hydrogen-bond donors (Lipinski definition) is 2. The molecule has 0 spiro atoms. The molecule has 0 bridgehead atoms. The molecule has 1 saturated carbocycles. The minimum Gasteiger partial charge on any atom is -0.329 e. The van der Waals surface area contributed by atoms with Gasteiger partial charge in [0, 0.05) is 17.3 Å². The van der Waals surface area contributed by atoms with Crippen molar-refractivity contribution in [3.05, 3.63) is 29.3 Å². The van der Waals surface area contributed by atoms with Crippen LogP contribution in [0.2, 0.25) is 5.02 Å². The van der Waals surface area contributed by atoms with E-state index in [1.807, 2.05) is 12.1 Å². The molecule has 86 valence electrons. The third-order valence-electron chi connectivity index (χ3n) is 3.27. The molecule has 1 aromatic rings. The summed E-state index contributed by atoms with van der Waals surface area (Å²) in [5.41, 5.74) is 6.05. The number of carbonyl (C=O) groups excluding carboxylic acids is 1. The number of benzene rings is 1. The molecule has 1 aromatic carbocycles. The number of nitrogens with two attached hydrogens (primary N) is 1. The van der Waals surface area contributed by atoms with E-state index in [-0.39, 0.29) is 11.3 Å². The Bertz CT molecular complexity index is 396. The summed E-state index contributed by atoms with van der Waals surface area (Å²) in [5, 5.41) is 3.49. The van der Waals surface area contributed by atoms with E-state index in [0.29, 0.717) is 11.6 Å². The third kappa shape index (κ3) is 2.06. The van der Waals surface area contributed by atoms with Crippen LogP contribution in [0, 0.1) is 5.41 Å². The highest BCUT2D eigenvalue weighted by atomic mass is 35.5. The third-order valence-corrected chi connectivity index (χ3v) is 3.50. The number of hydrogen-bond acceptors (Lipinski definition) is 2. The molecule has 0 atom stereocenters. The van der Waals surface area contributed by atoms with E-state index >= 15 is 0 Å². The quantitative estimate of drug-likeness (QED) is 0.850. The monoisotopic (exact) mass is 238 g/mol. The number of halogens is 1. The fourth-order valence-corrected chi connectivity index (χ4v) is 2.15. The lowest BCUT2D eigenvalue weighted by molar-refractivity contribution is -0.129. The van der Waals surface area contributed by atoms with E-state index in [0.717, 1.165) is 24.9 Å². The Morgan fingerprint density at radius 1 is 1.50 bits per heavy atom. The van der Waals surface area contributed by atoms with Gasteiger partial charge in [0.25, 0.3) is 0 Å². The normalized spacial score (nSPS) is 17.6. The standard InChI is InChI=1S/C12H15ClN2O/c13-9-3-1-4-10(7-9)15-11(16)12(8-14)5-2-6-12/h1,3-4,7H,2,5-6,8,14H2,(H,15,16). The first-order chi connectivity index (χ1) is 7.66. The summed E-state index contributed by atoms with van der Waals surface area (Å²) in [5.74, 6) is 0.0171. The molecular formula is C12H15ClN2O. The summed E-state index contributed by atoms with van der Waals surface area (Å²) in [6.45, 7) is 0.416. The van der Waals surface area contributed by atoms with Crippen LogP contribution in [0.15, 0.2) is 24.3 Å². The van der Waals surface area contributed by atoms with Gasteiger partial charge in [0.2, 0.25) is 5.91 Å². The zero-order chi connectivity index (χ0) is 11.6. The lowest BCUT2D eigenvalue weighted by Gasteiger charge is -2.39. The minimum atomic E-state index is -0.345. The summed E-state index contributed by atoms with van der Waals surface area (Å²) >= 11 is 5.85. The Balaban J connectivity index is 2.07. The smallest absolute Gasteiger partial charge is 0.231 e. The molecule has 0 radical (unpaired) electrons. The van der Waals surface area contributed by atoms with Gasteiger partial charge in [0.05, 0.1) is 5.41 Å². The number of carbonyl (C=O) groups is 1. The summed E-state index contributed by atoms with van der Waals surface area (Å²) in [6, 6.07) is 7.15. The van der Waals surface area contributed by atoms with Gasteiger partial charge in [-0.15, -0.1) is 0 Å². The Morgan fingerprint density at radius 2 is 2.25 bits per heavy atom. The molecule has 0 unspecified atom stereocenters. The van der Waals surface area contributed by atoms with Gasteiger partial charge in [-0.3, -0.25) is 4.79 Å². The van der Waals surface area contributed by atoms with E-state index in [2.05, 4.69) is 5.32 Å². The van der Waals surface area contributed by atoms with Gasteiger partial charge in [-0.2, -0.15) is 0 Å². The van der Waals surface area contributed by atoms with Crippen molar-refractivity contribution in [2.75, 3.05) is 11.9 Å². The van der Waals surface area contributed by atoms with E-state index in [1.165, 1.54) is 0 Å². The number of amides is 1. The highest BCUT2D eigenvalue weighted by Gasteiger charge is 2.42. The molecule has 16 heavy (non-hydrogen) atoms. The number of rotatable bonds is 3. The van der Waals surface area contributed by atoms with Gasteiger partial charge in [-0.25, -0.2) is 0 Å². The van der Waals surface area contributed by atoms with Gasteiger partial charge >= 0.3 is 0 Å². The summed E-state index contributed by atoms with van der Waals surface area (Å²) in [6.07, 6.45) is 2.85. The van der Waals surface area contributed by atoms with Crippen LogP contribution >= 0.6 is 11.6 Å². The lowest BCUT2D eigenvalue weighted by atomic mass is 9.68. The molecule has 4 heteroatoms. The van der Waals surface area contributed by atoms with Crippen LogP contribution in [0.4, 0.5) is 5.69 Å². The summed E-state index contributed by atoms with van der Waals surface area (Å²) in [4.78, 5) is 12.0. The molecule has 0 saturated heterocycles. The van der Waals surface area contributed by atoms with Crippen LogP contribution < -0.4 is 11.1 Å². The Labute approximate surface area is 100.0 Å². The number of anilines is 1. The van der Waals surface area contributed by atoms with Crippen LogP contribution in [-0.4, -0.2) is 12.5 Å². The van der Waals surface area contributed by atoms with Crippen molar-refractivity contribution in [1.29, 1.82) is 0 Å². The molecular weight excluding hydrogens is 224 g/mol. The summed E-state index contributed by atoms with van der Waals surface area (Å²) in [7, 11) is 0. The van der Waals surface area contributed by atoms with Crippen molar-refractivity contribution < 1.29 is 4.79 Å². The van der Waals surface area contributed by atoms with Crippen molar-refractivity contribution in [3.8, 4) is 0 Å². The largest absolute Gasteiger partial charge is 0.329 e. The maximum atomic E-state index is 12.0. The van der Waals surface area contributed by atoms with Gasteiger partial charge in [0.15, 0.2) is 0 Å². The second-order valence-corrected chi connectivity index (χ2v) is 4.74. The maximum absolute atomic E-state index is 12.0. The molecule has 0 aromatic heterocycles. The van der Waals surface area contributed by atoms with Crippen LogP contribution in [0.3, 0.4) is 0 Å². The van der Waals surface area contributed by atoms with Crippen LogP contribution in [-0.2, 0) is 4.79 Å². The second kappa shape index (κ2) is 4.44. The Morgan fingerprint density at radius 3 is 2.75 bits per heavy atom. The van der Waals surface area contributed by atoms with Crippen molar-refractivity contribution in [1.82, 2.24) is 0 Å².